The molecule has 168 valence electrons. The monoisotopic (exact) mass is 441 g/mol. The maximum absolute atomic E-state index is 12.2. The van der Waals surface area contributed by atoms with Crippen molar-refractivity contribution in [1.29, 1.82) is 0 Å². The van der Waals surface area contributed by atoms with Crippen LogP contribution in [0.15, 0.2) is 30.5 Å². The zero-order valence-electron chi connectivity index (χ0n) is 16.5. The van der Waals surface area contributed by atoms with Crippen LogP contribution in [0.4, 0.5) is 19.0 Å². The van der Waals surface area contributed by atoms with Gasteiger partial charge in [-0.3, -0.25) is 14.3 Å². The number of rotatable bonds is 7. The first-order chi connectivity index (χ1) is 14.7. The van der Waals surface area contributed by atoms with Crippen molar-refractivity contribution in [2.45, 2.75) is 31.5 Å². The molecule has 1 fully saturated rings. The van der Waals surface area contributed by atoms with Crippen molar-refractivity contribution in [3.8, 4) is 17.5 Å². The van der Waals surface area contributed by atoms with Crippen LogP contribution in [0.5, 0.6) is 17.5 Å². The number of anilines is 1. The molecule has 1 aromatic carbocycles. The van der Waals surface area contributed by atoms with Gasteiger partial charge in [0.2, 0.25) is 5.91 Å². The molecule has 3 heterocycles. The molecular formula is C19H22F3N5O4. The number of imidazole rings is 1. The summed E-state index contributed by atoms with van der Waals surface area (Å²) in [5, 5.41) is 2.94. The number of nitrogens with zero attached hydrogens (tertiary/aromatic N) is 3. The molecule has 1 unspecified atom stereocenters. The van der Waals surface area contributed by atoms with E-state index in [1.54, 1.807) is 10.8 Å². The van der Waals surface area contributed by atoms with Gasteiger partial charge in [-0.1, -0.05) is 0 Å². The summed E-state index contributed by atoms with van der Waals surface area (Å²) in [7, 11) is 0. The van der Waals surface area contributed by atoms with Gasteiger partial charge in [0.15, 0.2) is 0 Å². The second kappa shape index (κ2) is 8.53. The molecule has 12 heteroatoms. The van der Waals surface area contributed by atoms with Crippen molar-refractivity contribution < 1.29 is 32.2 Å². The highest BCUT2D eigenvalue weighted by molar-refractivity contribution is 5.76. The van der Waals surface area contributed by atoms with Crippen LogP contribution in [0.3, 0.4) is 0 Å². The number of ether oxygens (including phenoxy) is 3. The minimum atomic E-state index is -4.72. The Morgan fingerprint density at radius 1 is 1.23 bits per heavy atom. The van der Waals surface area contributed by atoms with Crippen LogP contribution in [0, 0.1) is 0 Å². The Balaban J connectivity index is 1.13. The fourth-order valence-corrected chi connectivity index (χ4v) is 3.47. The summed E-state index contributed by atoms with van der Waals surface area (Å²) in [6.07, 6.45) is -2.78. The van der Waals surface area contributed by atoms with E-state index >= 15 is 0 Å². The lowest BCUT2D eigenvalue weighted by Gasteiger charge is -2.39. The normalized spacial score (nSPS) is 19.1. The van der Waals surface area contributed by atoms with Crippen molar-refractivity contribution in [2.75, 3.05) is 32.0 Å². The van der Waals surface area contributed by atoms with E-state index in [4.69, 9.17) is 15.2 Å². The maximum Gasteiger partial charge on any atom is 0.573 e. The molecule has 1 saturated heterocycles. The molecule has 2 aliphatic heterocycles. The van der Waals surface area contributed by atoms with Crippen molar-refractivity contribution in [3.05, 3.63) is 30.5 Å². The Hall–Kier alpha value is -3.15. The van der Waals surface area contributed by atoms with Crippen molar-refractivity contribution in [3.63, 3.8) is 0 Å². The number of likely N-dealkylation sites (tertiary alicyclic amines) is 1. The number of halogens is 3. The molecule has 4 rings (SSSR count). The van der Waals surface area contributed by atoms with Crippen LogP contribution in [-0.4, -0.2) is 65.1 Å². The van der Waals surface area contributed by atoms with Crippen LogP contribution >= 0.6 is 0 Å². The molecule has 31 heavy (non-hydrogen) atoms. The lowest BCUT2D eigenvalue weighted by Crippen LogP contribution is -2.54. The van der Waals surface area contributed by atoms with Gasteiger partial charge in [0, 0.05) is 26.1 Å². The Kier molecular flexibility index (Phi) is 5.81. The number of nitrogens with two attached hydrogens (primary N) is 1. The first-order valence-electron chi connectivity index (χ1n) is 9.73. The Morgan fingerprint density at radius 3 is 2.65 bits per heavy atom. The maximum atomic E-state index is 12.2. The van der Waals surface area contributed by atoms with E-state index in [1.165, 1.54) is 24.3 Å². The fourth-order valence-electron chi connectivity index (χ4n) is 3.47. The van der Waals surface area contributed by atoms with Gasteiger partial charge in [-0.05, 0) is 24.3 Å². The van der Waals surface area contributed by atoms with E-state index in [0.29, 0.717) is 56.8 Å². The average molecular weight is 441 g/mol. The smallest absolute Gasteiger partial charge is 0.488 e. The third-order valence-electron chi connectivity index (χ3n) is 4.89. The number of benzene rings is 1. The van der Waals surface area contributed by atoms with Gasteiger partial charge in [0.1, 0.15) is 30.0 Å². The molecular weight excluding hydrogens is 419 g/mol. The molecule has 9 nitrogen and oxygen atoms in total. The third-order valence-corrected chi connectivity index (χ3v) is 4.89. The predicted molar refractivity (Wildman–Crippen MR) is 103 cm³/mol. The highest BCUT2D eigenvalue weighted by Gasteiger charge is 2.32. The van der Waals surface area contributed by atoms with E-state index in [-0.39, 0.29) is 23.8 Å². The Bertz CT molecular complexity index is 912. The van der Waals surface area contributed by atoms with Crippen molar-refractivity contribution >= 4 is 11.7 Å². The van der Waals surface area contributed by atoms with Gasteiger partial charge in [-0.15, -0.1) is 13.2 Å². The number of carbonyl (C=O) groups excluding carboxylic acids is 1. The summed E-state index contributed by atoms with van der Waals surface area (Å²) in [6.45, 7) is 2.75. The largest absolute Gasteiger partial charge is 0.573 e. The van der Waals surface area contributed by atoms with Gasteiger partial charge in [0.25, 0.3) is 6.01 Å². The highest BCUT2D eigenvalue weighted by Crippen LogP contribution is 2.26. The van der Waals surface area contributed by atoms with Crippen LogP contribution in [0.25, 0.3) is 0 Å². The first kappa shape index (κ1) is 21.1. The lowest BCUT2D eigenvalue weighted by molar-refractivity contribution is -0.274. The lowest BCUT2D eigenvalue weighted by atomic mass is 10.1. The first-order valence-corrected chi connectivity index (χ1v) is 9.73. The third kappa shape index (κ3) is 5.72. The van der Waals surface area contributed by atoms with Crippen LogP contribution in [0.2, 0.25) is 0 Å². The number of hydrogen-bond donors (Lipinski definition) is 2. The average Bonchev–Trinajstić information content (AvgIpc) is 3.03. The van der Waals surface area contributed by atoms with Gasteiger partial charge in [-0.25, -0.2) is 0 Å². The van der Waals surface area contributed by atoms with Gasteiger partial charge < -0.3 is 25.3 Å². The minimum absolute atomic E-state index is 0.0743. The molecule has 2 aromatic rings. The van der Waals surface area contributed by atoms with E-state index < -0.39 is 6.36 Å². The number of carbonyl (C=O) groups is 1. The Labute approximate surface area is 175 Å². The number of nitrogens with one attached hydrogen (secondary N) is 1. The molecule has 3 N–H and O–H groups in total. The molecule has 1 amide bonds. The molecule has 0 bridgehead atoms. The van der Waals surface area contributed by atoms with Crippen molar-refractivity contribution in [1.82, 2.24) is 19.8 Å². The van der Waals surface area contributed by atoms with E-state index in [0.717, 1.165) is 0 Å². The molecule has 0 aliphatic carbocycles. The zero-order valence-corrected chi connectivity index (χ0v) is 16.5. The fraction of sp³-hybridized carbons (Fsp3) is 0.474. The van der Waals surface area contributed by atoms with E-state index in [1.807, 2.05) is 0 Å². The molecule has 0 radical (unpaired) electrons. The second-order valence-electron chi connectivity index (χ2n) is 7.44. The standard InChI is InChI=1S/C19H22F3N5O4/c20-19(21,22)31-14-3-1-13(2-4-14)30-15-8-26(9-15)6-5-17(28)24-12-7-27-10-16(23)25-18(27)29-11-12/h1-4,10,12,15H,5-9,11,23H2,(H,24,28). The number of aromatic nitrogens is 2. The number of amides is 1. The van der Waals surface area contributed by atoms with E-state index in [2.05, 4.69) is 19.9 Å². The summed E-state index contributed by atoms with van der Waals surface area (Å²) in [6, 6.07) is 5.59. The number of fused-ring (bicyclic) bond motifs is 1. The highest BCUT2D eigenvalue weighted by atomic mass is 19.4. The summed E-state index contributed by atoms with van der Waals surface area (Å²) >= 11 is 0. The number of hydrogen-bond acceptors (Lipinski definition) is 7. The van der Waals surface area contributed by atoms with Gasteiger partial charge in [0.05, 0.1) is 18.8 Å². The predicted octanol–water partition coefficient (Wildman–Crippen LogP) is 1.39. The molecule has 0 saturated carbocycles. The van der Waals surface area contributed by atoms with Crippen LogP contribution in [0.1, 0.15) is 6.42 Å². The molecule has 1 aromatic heterocycles. The van der Waals surface area contributed by atoms with Crippen LogP contribution < -0.4 is 25.3 Å². The van der Waals surface area contributed by atoms with Gasteiger partial charge >= 0.3 is 6.36 Å². The summed E-state index contributed by atoms with van der Waals surface area (Å²) in [5.74, 6) is 0.475. The van der Waals surface area contributed by atoms with Crippen LogP contribution in [-0.2, 0) is 11.3 Å². The van der Waals surface area contributed by atoms with Crippen molar-refractivity contribution in [2.24, 2.45) is 0 Å². The summed E-state index contributed by atoms with van der Waals surface area (Å²) < 4.78 is 53.3. The summed E-state index contributed by atoms with van der Waals surface area (Å²) in [4.78, 5) is 18.3. The number of alkyl halides is 3. The zero-order chi connectivity index (χ0) is 22.0. The quantitative estimate of drug-likeness (QED) is 0.669. The topological polar surface area (TPSA) is 104 Å². The molecule has 2 aliphatic rings. The van der Waals surface area contributed by atoms with Gasteiger partial charge in [-0.2, -0.15) is 4.98 Å². The number of nitrogen functional groups attached to an aromatic ring is 1. The minimum Gasteiger partial charge on any atom is -0.488 e. The second-order valence-corrected chi connectivity index (χ2v) is 7.44. The molecule has 1 atom stereocenters. The Morgan fingerprint density at radius 2 is 1.94 bits per heavy atom. The SMILES string of the molecule is Nc1cn2c(n1)OCC(NC(=O)CCN1CC(Oc3ccc(OC(F)(F)F)cc3)C1)C2. The molecule has 0 spiro atoms. The summed E-state index contributed by atoms with van der Waals surface area (Å²) in [5.41, 5.74) is 5.63. The van der Waals surface area contributed by atoms with E-state index in [9.17, 15) is 18.0 Å².